The molecule has 24 heavy (non-hydrogen) atoms. The molecule has 0 radical (unpaired) electrons. The highest BCUT2D eigenvalue weighted by molar-refractivity contribution is 5.99. The lowest BCUT2D eigenvalue weighted by Crippen LogP contribution is -2.35. The normalized spacial score (nSPS) is 18.4. The number of amides is 1. The van der Waals surface area contributed by atoms with Gasteiger partial charge in [0.2, 0.25) is 0 Å². The zero-order valence-corrected chi connectivity index (χ0v) is 12.8. The first kappa shape index (κ1) is 16.3. The highest BCUT2D eigenvalue weighted by Gasteiger charge is 2.44. The van der Waals surface area contributed by atoms with Crippen molar-refractivity contribution in [2.75, 3.05) is 11.9 Å². The van der Waals surface area contributed by atoms with Crippen molar-refractivity contribution in [1.29, 1.82) is 0 Å². The summed E-state index contributed by atoms with van der Waals surface area (Å²) in [6.07, 6.45) is -0.119. The summed E-state index contributed by atoms with van der Waals surface area (Å²) in [6, 6.07) is 1.51. The fourth-order valence-corrected chi connectivity index (χ4v) is 2.68. The van der Waals surface area contributed by atoms with Crippen LogP contribution in [0, 0.1) is 0 Å². The molecule has 2 atom stereocenters. The van der Waals surface area contributed by atoms with E-state index >= 15 is 0 Å². The SMILES string of the molecule is C[C@H](NC(=O)c1cnn2c1NCCC2C(F)(F)F)c1cccnc1. The maximum absolute atomic E-state index is 13.1. The van der Waals surface area contributed by atoms with Gasteiger partial charge in [0.15, 0.2) is 6.04 Å². The van der Waals surface area contributed by atoms with Crippen LogP contribution in [-0.2, 0) is 0 Å². The summed E-state index contributed by atoms with van der Waals surface area (Å²) in [4.78, 5) is 16.4. The van der Waals surface area contributed by atoms with Gasteiger partial charge in [0.1, 0.15) is 11.4 Å². The molecule has 1 unspecified atom stereocenters. The van der Waals surface area contributed by atoms with Gasteiger partial charge in [-0.15, -0.1) is 0 Å². The van der Waals surface area contributed by atoms with E-state index in [9.17, 15) is 18.0 Å². The van der Waals surface area contributed by atoms with Crippen molar-refractivity contribution < 1.29 is 18.0 Å². The number of alkyl halides is 3. The smallest absolute Gasteiger partial charge is 0.370 e. The topological polar surface area (TPSA) is 71.8 Å². The first-order valence-electron chi connectivity index (χ1n) is 7.47. The lowest BCUT2D eigenvalue weighted by molar-refractivity contribution is -0.171. The third kappa shape index (κ3) is 3.06. The zero-order valence-electron chi connectivity index (χ0n) is 12.8. The number of halogens is 3. The van der Waals surface area contributed by atoms with Crippen LogP contribution in [0.25, 0.3) is 0 Å². The average molecular weight is 339 g/mol. The Hall–Kier alpha value is -2.58. The van der Waals surface area contributed by atoms with Gasteiger partial charge in [-0.3, -0.25) is 9.78 Å². The summed E-state index contributed by atoms with van der Waals surface area (Å²) in [5.41, 5.74) is 0.896. The number of rotatable bonds is 3. The molecule has 2 aromatic heterocycles. The van der Waals surface area contributed by atoms with Gasteiger partial charge in [0, 0.05) is 18.9 Å². The van der Waals surface area contributed by atoms with Crippen LogP contribution in [0.15, 0.2) is 30.7 Å². The predicted molar refractivity (Wildman–Crippen MR) is 80.5 cm³/mol. The molecule has 9 heteroatoms. The second kappa shape index (κ2) is 6.14. The third-order valence-corrected chi connectivity index (χ3v) is 3.96. The van der Waals surface area contributed by atoms with Crippen LogP contribution in [0.3, 0.4) is 0 Å². The summed E-state index contributed by atoms with van der Waals surface area (Å²) in [5, 5.41) is 9.35. The Morgan fingerprint density at radius 2 is 2.25 bits per heavy atom. The maximum atomic E-state index is 13.1. The van der Waals surface area contributed by atoms with Crippen LogP contribution < -0.4 is 10.6 Å². The number of carbonyl (C=O) groups is 1. The van der Waals surface area contributed by atoms with E-state index in [2.05, 4.69) is 20.7 Å². The van der Waals surface area contributed by atoms with Crippen molar-refractivity contribution >= 4 is 11.7 Å². The number of hydrogen-bond donors (Lipinski definition) is 2. The minimum absolute atomic E-state index is 0.0967. The molecule has 128 valence electrons. The molecule has 0 spiro atoms. The van der Waals surface area contributed by atoms with Gasteiger partial charge in [-0.25, -0.2) is 4.68 Å². The van der Waals surface area contributed by atoms with E-state index in [0.717, 1.165) is 16.4 Å². The Morgan fingerprint density at radius 3 is 2.92 bits per heavy atom. The predicted octanol–water partition coefficient (Wildman–Crippen LogP) is 2.69. The lowest BCUT2D eigenvalue weighted by Gasteiger charge is -2.27. The summed E-state index contributed by atoms with van der Waals surface area (Å²) >= 11 is 0. The van der Waals surface area contributed by atoms with E-state index in [-0.39, 0.29) is 30.4 Å². The van der Waals surface area contributed by atoms with Crippen LogP contribution in [0.1, 0.15) is 41.3 Å². The van der Waals surface area contributed by atoms with Gasteiger partial charge in [-0.1, -0.05) is 6.07 Å². The Bertz CT molecular complexity index is 728. The van der Waals surface area contributed by atoms with Crippen molar-refractivity contribution in [1.82, 2.24) is 20.1 Å². The molecule has 1 aliphatic rings. The van der Waals surface area contributed by atoms with Gasteiger partial charge >= 0.3 is 6.18 Å². The number of fused-ring (bicyclic) bond motifs is 1. The number of anilines is 1. The Kier molecular flexibility index (Phi) is 4.16. The van der Waals surface area contributed by atoms with Crippen LogP contribution >= 0.6 is 0 Å². The van der Waals surface area contributed by atoms with E-state index in [0.29, 0.717) is 0 Å². The Morgan fingerprint density at radius 1 is 1.46 bits per heavy atom. The molecule has 0 fully saturated rings. The largest absolute Gasteiger partial charge is 0.410 e. The molecule has 2 aromatic rings. The Labute approximate surface area is 136 Å². The van der Waals surface area contributed by atoms with Crippen LogP contribution in [0.5, 0.6) is 0 Å². The van der Waals surface area contributed by atoms with E-state index in [1.54, 1.807) is 25.4 Å². The molecule has 1 amide bonds. The van der Waals surface area contributed by atoms with Crippen LogP contribution in [-0.4, -0.2) is 33.4 Å². The number of nitrogens with one attached hydrogen (secondary N) is 2. The second-order valence-electron chi connectivity index (χ2n) is 5.61. The lowest BCUT2D eigenvalue weighted by atomic mass is 10.1. The highest BCUT2D eigenvalue weighted by atomic mass is 19.4. The molecule has 0 bridgehead atoms. The Balaban J connectivity index is 1.81. The molecule has 6 nitrogen and oxygen atoms in total. The molecule has 2 N–H and O–H groups in total. The molecule has 0 aromatic carbocycles. The number of pyridine rings is 1. The van der Waals surface area contributed by atoms with Crippen molar-refractivity contribution in [2.45, 2.75) is 31.6 Å². The second-order valence-corrected chi connectivity index (χ2v) is 5.61. The molecule has 3 heterocycles. The minimum atomic E-state index is -4.40. The van der Waals surface area contributed by atoms with Gasteiger partial charge in [0.05, 0.1) is 12.2 Å². The monoisotopic (exact) mass is 339 g/mol. The van der Waals surface area contributed by atoms with Crippen molar-refractivity contribution in [2.24, 2.45) is 0 Å². The van der Waals surface area contributed by atoms with E-state index in [4.69, 9.17) is 0 Å². The van der Waals surface area contributed by atoms with E-state index < -0.39 is 18.1 Å². The van der Waals surface area contributed by atoms with Crippen LogP contribution in [0.4, 0.5) is 19.0 Å². The first-order valence-corrected chi connectivity index (χ1v) is 7.47. The van der Waals surface area contributed by atoms with Gasteiger partial charge in [-0.05, 0) is 25.0 Å². The van der Waals surface area contributed by atoms with Crippen molar-refractivity contribution in [3.63, 3.8) is 0 Å². The molecule has 0 saturated carbocycles. The summed E-state index contributed by atoms with van der Waals surface area (Å²) in [5.74, 6) is -0.387. The summed E-state index contributed by atoms with van der Waals surface area (Å²) < 4.78 is 40.0. The van der Waals surface area contributed by atoms with Crippen molar-refractivity contribution in [3.05, 3.63) is 41.9 Å². The van der Waals surface area contributed by atoms with Gasteiger partial charge < -0.3 is 10.6 Å². The van der Waals surface area contributed by atoms with Crippen LogP contribution in [0.2, 0.25) is 0 Å². The zero-order chi connectivity index (χ0) is 17.3. The molecule has 1 aliphatic heterocycles. The number of nitrogens with zero attached hydrogens (tertiary/aromatic N) is 3. The number of aromatic nitrogens is 3. The molecule has 3 rings (SSSR count). The molecule has 0 aliphatic carbocycles. The minimum Gasteiger partial charge on any atom is -0.370 e. The van der Waals surface area contributed by atoms with Gasteiger partial charge in [0.25, 0.3) is 5.91 Å². The summed E-state index contributed by atoms with van der Waals surface area (Å²) in [7, 11) is 0. The third-order valence-electron chi connectivity index (χ3n) is 3.96. The maximum Gasteiger partial charge on any atom is 0.410 e. The summed E-state index contributed by atoms with van der Waals surface area (Å²) in [6.45, 7) is 1.91. The molecular weight excluding hydrogens is 323 g/mol. The first-order chi connectivity index (χ1) is 11.4. The van der Waals surface area contributed by atoms with E-state index in [1.807, 2.05) is 6.07 Å². The standard InChI is InChI=1S/C15H16F3N5O/c1-9(10-3-2-5-19-7-10)22-14(24)11-8-21-23-12(15(16,17)18)4-6-20-13(11)23/h2-3,5,7-9,12,20H,4,6H2,1H3,(H,22,24)/t9-,12?/m0/s1. The number of hydrogen-bond acceptors (Lipinski definition) is 4. The average Bonchev–Trinajstić information content (AvgIpc) is 2.98. The molecular formula is C15H16F3N5O. The van der Waals surface area contributed by atoms with Crippen molar-refractivity contribution in [3.8, 4) is 0 Å². The highest BCUT2D eigenvalue weighted by Crippen LogP contribution is 2.38. The quantitative estimate of drug-likeness (QED) is 0.902. The van der Waals surface area contributed by atoms with Gasteiger partial charge in [-0.2, -0.15) is 18.3 Å². The van der Waals surface area contributed by atoms with E-state index in [1.165, 1.54) is 0 Å². The fourth-order valence-electron chi connectivity index (χ4n) is 2.68. The fraction of sp³-hybridized carbons (Fsp3) is 0.400. The number of carbonyl (C=O) groups excluding carboxylic acids is 1. The molecule has 0 saturated heterocycles.